The average molecular weight is 593 g/mol. The van der Waals surface area contributed by atoms with Gasteiger partial charge in [-0.25, -0.2) is 14.2 Å². The van der Waals surface area contributed by atoms with E-state index in [2.05, 4.69) is 4.99 Å². The molecule has 0 saturated heterocycles. The van der Waals surface area contributed by atoms with E-state index in [-0.39, 0.29) is 29.4 Å². The highest BCUT2D eigenvalue weighted by Gasteiger charge is 2.33. The molecule has 1 aliphatic rings. The van der Waals surface area contributed by atoms with E-state index in [4.69, 9.17) is 25.8 Å². The van der Waals surface area contributed by atoms with Crippen LogP contribution in [0.1, 0.15) is 36.6 Å². The minimum absolute atomic E-state index is 0.111. The highest BCUT2D eigenvalue weighted by Crippen LogP contribution is 2.32. The van der Waals surface area contributed by atoms with E-state index in [1.165, 1.54) is 35.1 Å². The molecule has 0 saturated carbocycles. The van der Waals surface area contributed by atoms with Crippen molar-refractivity contribution in [1.29, 1.82) is 0 Å². The summed E-state index contributed by atoms with van der Waals surface area (Å²) in [6.07, 6.45) is 1.72. The molecule has 5 rings (SSSR count). The van der Waals surface area contributed by atoms with E-state index in [1.54, 1.807) is 44.2 Å². The van der Waals surface area contributed by atoms with Crippen LogP contribution in [-0.2, 0) is 16.1 Å². The van der Waals surface area contributed by atoms with Crippen molar-refractivity contribution in [2.24, 2.45) is 4.99 Å². The fraction of sp³-hybridized carbons (Fsp3) is 0.194. The standard InChI is InChI=1S/C31H26ClFN2O5S/c1-4-39-30(37)27-18(2)34-31-35(28(27)20-9-6-5-7-10-20)29(36)26(41-31)16-19-13-14-24(38-3)25(15-19)40-17-21-22(32)11-8-12-23(21)33/h5-16,28H,4,17H2,1-3H3. The summed E-state index contributed by atoms with van der Waals surface area (Å²) in [4.78, 5) is 31.9. The number of thiazole rings is 1. The summed E-state index contributed by atoms with van der Waals surface area (Å²) >= 11 is 7.37. The number of ether oxygens (including phenoxy) is 3. The van der Waals surface area contributed by atoms with Crippen molar-refractivity contribution in [3.8, 4) is 11.5 Å². The van der Waals surface area contributed by atoms with Gasteiger partial charge in [-0.3, -0.25) is 9.36 Å². The maximum atomic E-state index is 14.3. The number of allylic oxidation sites excluding steroid dienone is 1. The zero-order chi connectivity index (χ0) is 29.1. The number of halogens is 2. The zero-order valence-electron chi connectivity index (χ0n) is 22.5. The van der Waals surface area contributed by atoms with Gasteiger partial charge in [-0.1, -0.05) is 65.4 Å². The van der Waals surface area contributed by atoms with Crippen molar-refractivity contribution in [2.75, 3.05) is 13.7 Å². The van der Waals surface area contributed by atoms with E-state index in [0.717, 1.165) is 5.56 Å². The summed E-state index contributed by atoms with van der Waals surface area (Å²) in [5, 5.41) is 0.256. The van der Waals surface area contributed by atoms with Crippen molar-refractivity contribution in [3.63, 3.8) is 0 Å². The van der Waals surface area contributed by atoms with Crippen LogP contribution < -0.4 is 24.4 Å². The zero-order valence-corrected chi connectivity index (χ0v) is 24.1. The third-order valence-corrected chi connectivity index (χ3v) is 7.89. The second-order valence-corrected chi connectivity index (χ2v) is 10.5. The maximum Gasteiger partial charge on any atom is 0.338 e. The normalized spacial score (nSPS) is 14.9. The monoisotopic (exact) mass is 592 g/mol. The lowest BCUT2D eigenvalue weighted by molar-refractivity contribution is -0.139. The third-order valence-electron chi connectivity index (χ3n) is 6.55. The lowest BCUT2D eigenvalue weighted by Crippen LogP contribution is -2.39. The van der Waals surface area contributed by atoms with Gasteiger partial charge < -0.3 is 14.2 Å². The smallest absolute Gasteiger partial charge is 0.338 e. The Balaban J connectivity index is 1.57. The number of rotatable bonds is 8. The number of benzene rings is 3. The fourth-order valence-electron chi connectivity index (χ4n) is 4.61. The van der Waals surface area contributed by atoms with Gasteiger partial charge >= 0.3 is 5.97 Å². The fourth-order valence-corrected chi connectivity index (χ4v) is 5.87. The molecule has 1 unspecified atom stereocenters. The van der Waals surface area contributed by atoms with Crippen LogP contribution in [0, 0.1) is 5.82 Å². The topological polar surface area (TPSA) is 79.1 Å². The number of carbonyl (C=O) groups excluding carboxylic acids is 1. The number of hydrogen-bond acceptors (Lipinski definition) is 7. The number of carbonyl (C=O) groups is 1. The first kappa shape index (κ1) is 28.3. The van der Waals surface area contributed by atoms with Gasteiger partial charge in [0.2, 0.25) is 0 Å². The van der Waals surface area contributed by atoms with Crippen LogP contribution in [0.15, 0.2) is 87.8 Å². The Morgan fingerprint density at radius 2 is 1.90 bits per heavy atom. The van der Waals surface area contributed by atoms with Crippen molar-refractivity contribution < 1.29 is 23.4 Å². The molecule has 41 heavy (non-hydrogen) atoms. The van der Waals surface area contributed by atoms with Crippen LogP contribution in [0.5, 0.6) is 11.5 Å². The van der Waals surface area contributed by atoms with Crippen molar-refractivity contribution in [3.05, 3.63) is 125 Å². The molecule has 2 heterocycles. The van der Waals surface area contributed by atoms with E-state index in [9.17, 15) is 14.0 Å². The molecule has 1 aromatic heterocycles. The molecule has 1 atom stereocenters. The summed E-state index contributed by atoms with van der Waals surface area (Å²) in [6, 6.07) is 18.3. The number of esters is 1. The predicted octanol–water partition coefficient (Wildman–Crippen LogP) is 5.18. The molecule has 1 aliphatic heterocycles. The number of nitrogens with zero attached hydrogens (tertiary/aromatic N) is 2. The Kier molecular flexibility index (Phi) is 8.37. The van der Waals surface area contributed by atoms with Crippen molar-refractivity contribution in [2.45, 2.75) is 26.5 Å². The summed E-state index contributed by atoms with van der Waals surface area (Å²) < 4.78 is 32.9. The maximum absolute atomic E-state index is 14.3. The first-order valence-electron chi connectivity index (χ1n) is 12.8. The molecule has 3 aromatic carbocycles. The van der Waals surface area contributed by atoms with Crippen LogP contribution >= 0.6 is 22.9 Å². The first-order chi connectivity index (χ1) is 19.8. The molecule has 4 aromatic rings. The van der Waals surface area contributed by atoms with Gasteiger partial charge in [0, 0.05) is 5.56 Å². The van der Waals surface area contributed by atoms with Crippen LogP contribution in [0.25, 0.3) is 6.08 Å². The Morgan fingerprint density at radius 1 is 1.12 bits per heavy atom. The number of methoxy groups -OCH3 is 1. The molecule has 0 radical (unpaired) electrons. The van der Waals surface area contributed by atoms with E-state index < -0.39 is 17.8 Å². The van der Waals surface area contributed by atoms with E-state index in [0.29, 0.717) is 37.7 Å². The highest BCUT2D eigenvalue weighted by atomic mass is 35.5. The second kappa shape index (κ2) is 12.1. The molecule has 0 spiro atoms. The van der Waals surface area contributed by atoms with Crippen LogP contribution in [0.3, 0.4) is 0 Å². The van der Waals surface area contributed by atoms with Crippen molar-refractivity contribution >= 4 is 35.0 Å². The van der Waals surface area contributed by atoms with E-state index in [1.807, 2.05) is 30.3 Å². The van der Waals surface area contributed by atoms with Gasteiger partial charge in [0.05, 0.1) is 40.6 Å². The number of hydrogen-bond donors (Lipinski definition) is 0. The quantitative estimate of drug-likeness (QED) is 0.264. The largest absolute Gasteiger partial charge is 0.493 e. The van der Waals surface area contributed by atoms with Crippen LogP contribution in [0.2, 0.25) is 5.02 Å². The number of fused-ring (bicyclic) bond motifs is 1. The predicted molar refractivity (Wildman–Crippen MR) is 156 cm³/mol. The summed E-state index contributed by atoms with van der Waals surface area (Å²) in [6.45, 7) is 3.57. The van der Waals surface area contributed by atoms with Gasteiger partial charge in [0.1, 0.15) is 12.4 Å². The average Bonchev–Trinajstić information content (AvgIpc) is 3.26. The summed E-state index contributed by atoms with van der Waals surface area (Å²) in [5.41, 5.74) is 2.17. The molecule has 0 amide bonds. The molecular weight excluding hydrogens is 567 g/mol. The highest BCUT2D eigenvalue weighted by molar-refractivity contribution is 7.07. The lowest BCUT2D eigenvalue weighted by Gasteiger charge is -2.24. The van der Waals surface area contributed by atoms with Crippen LogP contribution in [-0.4, -0.2) is 24.3 Å². The van der Waals surface area contributed by atoms with Gasteiger partial charge in [0.25, 0.3) is 5.56 Å². The minimum Gasteiger partial charge on any atom is -0.493 e. The molecule has 0 bridgehead atoms. The minimum atomic E-state index is -0.686. The molecular formula is C31H26ClFN2O5S. The first-order valence-corrected chi connectivity index (χ1v) is 14.0. The third kappa shape index (κ3) is 5.68. The van der Waals surface area contributed by atoms with Gasteiger partial charge in [-0.15, -0.1) is 0 Å². The molecule has 10 heteroatoms. The lowest BCUT2D eigenvalue weighted by atomic mass is 9.96. The van der Waals surface area contributed by atoms with E-state index >= 15 is 0 Å². The summed E-state index contributed by atoms with van der Waals surface area (Å²) in [5.74, 6) is -0.186. The molecule has 0 N–H and O–H groups in total. The van der Waals surface area contributed by atoms with Gasteiger partial charge in [0.15, 0.2) is 16.3 Å². The molecule has 210 valence electrons. The summed E-state index contributed by atoms with van der Waals surface area (Å²) in [7, 11) is 1.50. The SMILES string of the molecule is CCOC(=O)C1=C(C)N=c2sc(=Cc3ccc(OC)c(OCc4c(F)cccc4Cl)c3)c(=O)n2C1c1ccccc1. The molecule has 7 nitrogen and oxygen atoms in total. The van der Waals surface area contributed by atoms with Gasteiger partial charge in [-0.05, 0) is 55.3 Å². The molecule has 0 fully saturated rings. The van der Waals surface area contributed by atoms with Crippen molar-refractivity contribution in [1.82, 2.24) is 4.57 Å². The Hall–Kier alpha value is -4.21. The Labute approximate surface area is 244 Å². The molecule has 0 aliphatic carbocycles. The Bertz CT molecular complexity index is 1810. The number of aromatic nitrogens is 1. The Morgan fingerprint density at radius 3 is 2.61 bits per heavy atom. The van der Waals surface area contributed by atoms with Crippen LogP contribution in [0.4, 0.5) is 4.39 Å². The second-order valence-electron chi connectivity index (χ2n) is 9.11. The van der Waals surface area contributed by atoms with Gasteiger partial charge in [-0.2, -0.15) is 0 Å².